The number of hydrogen-bond donors (Lipinski definition) is 2. The van der Waals surface area contributed by atoms with Crippen LogP contribution in [0.4, 0.5) is 4.79 Å². The molecule has 2 N–H and O–H groups in total. The van der Waals surface area contributed by atoms with Gasteiger partial charge in [0, 0.05) is 17.8 Å². The Labute approximate surface area is 170 Å². The molecule has 0 saturated carbocycles. The monoisotopic (exact) mass is 414 g/mol. The number of alkyl carbamates (subject to hydrolysis) is 1. The number of carbonyl (C=O) groups excluding carboxylic acids is 4. The Morgan fingerprint density at radius 1 is 0.828 bits per heavy atom. The van der Waals surface area contributed by atoms with Crippen LogP contribution in [0, 0.1) is 5.41 Å². The molecule has 10 heteroatoms. The van der Waals surface area contributed by atoms with Crippen molar-refractivity contribution in [3.05, 3.63) is 24.3 Å². The van der Waals surface area contributed by atoms with E-state index in [9.17, 15) is 14.4 Å². The Balaban J connectivity index is 0. The van der Waals surface area contributed by atoms with Gasteiger partial charge in [0.05, 0.1) is 19.8 Å². The van der Waals surface area contributed by atoms with Gasteiger partial charge in [0.1, 0.15) is 13.2 Å². The molecule has 0 bridgehead atoms. The Hall–Kier alpha value is -2.97. The van der Waals surface area contributed by atoms with E-state index in [1.165, 1.54) is 0 Å². The van der Waals surface area contributed by atoms with Gasteiger partial charge in [0.2, 0.25) is 6.08 Å². The SMILES string of the molecule is C=C(C)C(=O)OCCNC(=O)OCCCCCOCCOC(=O)C(=C)C.N=C=O. The Bertz CT molecular complexity index is 569. The highest BCUT2D eigenvalue weighted by atomic mass is 16.6. The molecule has 0 heterocycles. The van der Waals surface area contributed by atoms with E-state index in [0.29, 0.717) is 37.4 Å². The summed E-state index contributed by atoms with van der Waals surface area (Å²) in [5.41, 5.74) is 0.673. The van der Waals surface area contributed by atoms with Crippen molar-refractivity contribution in [1.82, 2.24) is 5.32 Å². The Kier molecular flexibility index (Phi) is 19.3. The standard InChI is InChI=1S/C18H29NO7.CHNO/c1-14(2)16(20)24-11-8-19-18(22)26-10-7-5-6-9-23-12-13-25-17(21)15(3)4;2-1-3/h1,3,5-13H2,2,4H3,(H,19,22);2H. The second-order valence-corrected chi connectivity index (χ2v) is 5.67. The topological polar surface area (TPSA) is 141 Å². The summed E-state index contributed by atoms with van der Waals surface area (Å²) in [5, 5.41) is 7.88. The summed E-state index contributed by atoms with van der Waals surface area (Å²) in [5.74, 6) is -0.908. The predicted molar refractivity (Wildman–Crippen MR) is 104 cm³/mol. The van der Waals surface area contributed by atoms with Crippen LogP contribution >= 0.6 is 0 Å². The third-order valence-electron chi connectivity index (χ3n) is 2.93. The number of ether oxygens (including phenoxy) is 4. The third kappa shape index (κ3) is 21.2. The summed E-state index contributed by atoms with van der Waals surface area (Å²) in [6, 6.07) is 0. The van der Waals surface area contributed by atoms with Crippen LogP contribution in [0.15, 0.2) is 24.3 Å². The first-order valence-electron chi connectivity index (χ1n) is 8.93. The highest BCUT2D eigenvalue weighted by Crippen LogP contribution is 1.98. The van der Waals surface area contributed by atoms with Crippen molar-refractivity contribution in [2.24, 2.45) is 0 Å². The third-order valence-corrected chi connectivity index (χ3v) is 2.93. The molecule has 0 aliphatic carbocycles. The average Bonchev–Trinajstić information content (AvgIpc) is 2.66. The van der Waals surface area contributed by atoms with Gasteiger partial charge < -0.3 is 24.3 Å². The van der Waals surface area contributed by atoms with E-state index in [0.717, 1.165) is 18.9 Å². The number of unbranched alkanes of at least 4 members (excludes halogenated alkanes) is 2. The maximum atomic E-state index is 11.4. The van der Waals surface area contributed by atoms with Crippen molar-refractivity contribution in [2.75, 3.05) is 39.6 Å². The lowest BCUT2D eigenvalue weighted by Gasteiger charge is -2.08. The zero-order chi connectivity index (χ0) is 22.5. The molecule has 0 unspecified atom stereocenters. The molecule has 0 radical (unpaired) electrons. The molecule has 29 heavy (non-hydrogen) atoms. The molecular formula is C19H30N2O8. The average molecular weight is 414 g/mol. The molecular weight excluding hydrogens is 384 g/mol. The van der Waals surface area contributed by atoms with E-state index in [-0.39, 0.29) is 19.8 Å². The summed E-state index contributed by atoms with van der Waals surface area (Å²) in [6.45, 7) is 11.7. The van der Waals surface area contributed by atoms with Crippen molar-refractivity contribution >= 4 is 24.1 Å². The largest absolute Gasteiger partial charge is 0.460 e. The minimum Gasteiger partial charge on any atom is -0.460 e. The zero-order valence-corrected chi connectivity index (χ0v) is 17.0. The van der Waals surface area contributed by atoms with E-state index in [1.54, 1.807) is 13.8 Å². The van der Waals surface area contributed by atoms with Crippen molar-refractivity contribution in [3.63, 3.8) is 0 Å². The number of esters is 2. The van der Waals surface area contributed by atoms with Crippen LogP contribution in [0.1, 0.15) is 33.1 Å². The number of nitrogens with one attached hydrogen (secondary N) is 2. The molecule has 0 aromatic carbocycles. The fourth-order valence-corrected chi connectivity index (χ4v) is 1.54. The number of rotatable bonds is 14. The minimum atomic E-state index is -0.549. The van der Waals surface area contributed by atoms with Crippen LogP contribution in [-0.2, 0) is 33.3 Å². The van der Waals surface area contributed by atoms with Crippen LogP contribution in [0.5, 0.6) is 0 Å². The van der Waals surface area contributed by atoms with Gasteiger partial charge in [-0.1, -0.05) is 13.2 Å². The van der Waals surface area contributed by atoms with Crippen molar-refractivity contribution < 1.29 is 38.1 Å². The lowest BCUT2D eigenvalue weighted by molar-refractivity contribution is -0.140. The first kappa shape index (κ1) is 28.2. The summed E-state index contributed by atoms with van der Waals surface area (Å²) in [4.78, 5) is 41.9. The molecule has 0 aromatic rings. The zero-order valence-electron chi connectivity index (χ0n) is 17.0. The number of hydrogen-bond acceptors (Lipinski definition) is 9. The van der Waals surface area contributed by atoms with Gasteiger partial charge in [-0.05, 0) is 33.1 Å². The van der Waals surface area contributed by atoms with Gasteiger partial charge in [0.25, 0.3) is 0 Å². The van der Waals surface area contributed by atoms with E-state index >= 15 is 0 Å². The molecule has 0 aliphatic heterocycles. The van der Waals surface area contributed by atoms with Gasteiger partial charge in [-0.25, -0.2) is 24.6 Å². The van der Waals surface area contributed by atoms with Crippen LogP contribution in [0.2, 0.25) is 0 Å². The molecule has 0 aliphatic rings. The highest BCUT2D eigenvalue weighted by Gasteiger charge is 2.05. The van der Waals surface area contributed by atoms with E-state index in [1.807, 2.05) is 0 Å². The lowest BCUT2D eigenvalue weighted by Crippen LogP contribution is -2.29. The normalized spacial score (nSPS) is 9.17. The number of isocyanates is 1. The molecule has 0 saturated heterocycles. The predicted octanol–water partition coefficient (Wildman–Crippen LogP) is 2.04. The van der Waals surface area contributed by atoms with E-state index in [4.69, 9.17) is 29.2 Å². The van der Waals surface area contributed by atoms with Crippen LogP contribution in [-0.4, -0.2) is 63.7 Å². The first-order valence-corrected chi connectivity index (χ1v) is 8.93. The second-order valence-electron chi connectivity index (χ2n) is 5.67. The van der Waals surface area contributed by atoms with Gasteiger partial charge >= 0.3 is 18.0 Å². The molecule has 0 rings (SSSR count). The number of carbonyl (C=O) groups is 3. The Morgan fingerprint density at radius 2 is 1.34 bits per heavy atom. The quantitative estimate of drug-likeness (QED) is 0.110. The Morgan fingerprint density at radius 3 is 1.90 bits per heavy atom. The molecule has 0 atom stereocenters. The fourth-order valence-electron chi connectivity index (χ4n) is 1.54. The van der Waals surface area contributed by atoms with Gasteiger partial charge in [-0.3, -0.25) is 0 Å². The van der Waals surface area contributed by atoms with Crippen molar-refractivity contribution in [3.8, 4) is 0 Å². The van der Waals surface area contributed by atoms with Crippen LogP contribution in [0.3, 0.4) is 0 Å². The van der Waals surface area contributed by atoms with Gasteiger partial charge in [0.15, 0.2) is 0 Å². The smallest absolute Gasteiger partial charge is 0.407 e. The van der Waals surface area contributed by atoms with Crippen LogP contribution < -0.4 is 5.32 Å². The summed E-state index contributed by atoms with van der Waals surface area (Å²) < 4.78 is 20.0. The summed E-state index contributed by atoms with van der Waals surface area (Å²) in [7, 11) is 0. The molecule has 10 nitrogen and oxygen atoms in total. The van der Waals surface area contributed by atoms with E-state index < -0.39 is 18.0 Å². The minimum absolute atomic E-state index is 0.0693. The molecule has 0 fully saturated rings. The van der Waals surface area contributed by atoms with Gasteiger partial charge in [-0.15, -0.1) is 0 Å². The maximum Gasteiger partial charge on any atom is 0.407 e. The lowest BCUT2D eigenvalue weighted by atomic mass is 10.2. The van der Waals surface area contributed by atoms with Crippen LogP contribution in [0.25, 0.3) is 0 Å². The molecule has 1 amide bonds. The van der Waals surface area contributed by atoms with E-state index in [2.05, 4.69) is 18.5 Å². The molecule has 164 valence electrons. The van der Waals surface area contributed by atoms with Crippen molar-refractivity contribution in [1.29, 1.82) is 5.41 Å². The fraction of sp³-hybridized carbons (Fsp3) is 0.579. The van der Waals surface area contributed by atoms with Gasteiger partial charge in [-0.2, -0.15) is 0 Å². The van der Waals surface area contributed by atoms with Crippen molar-refractivity contribution in [2.45, 2.75) is 33.1 Å². The molecule has 0 spiro atoms. The first-order chi connectivity index (χ1) is 13.8. The summed E-state index contributed by atoms with van der Waals surface area (Å²) >= 11 is 0. The second kappa shape index (κ2) is 19.8. The highest BCUT2D eigenvalue weighted by molar-refractivity contribution is 5.87. The maximum absolute atomic E-state index is 11.4. The molecule has 0 aromatic heterocycles. The number of amides is 1. The summed E-state index contributed by atoms with van der Waals surface area (Å²) in [6.07, 6.45) is 2.57.